The summed E-state index contributed by atoms with van der Waals surface area (Å²) in [4.78, 5) is 8.93. The summed E-state index contributed by atoms with van der Waals surface area (Å²) in [6.07, 6.45) is 1.81. The normalized spacial score (nSPS) is 11.0. The molecule has 19 heavy (non-hydrogen) atoms. The lowest BCUT2D eigenvalue weighted by Crippen LogP contribution is -1.85. The van der Waals surface area contributed by atoms with Crippen molar-refractivity contribution < 1.29 is 0 Å². The van der Waals surface area contributed by atoms with Crippen molar-refractivity contribution in [3.63, 3.8) is 0 Å². The topological polar surface area (TPSA) is 51.8 Å². The van der Waals surface area contributed by atoms with Crippen molar-refractivity contribution in [3.8, 4) is 0 Å². The molecule has 2 N–H and O–H groups in total. The fourth-order valence-corrected chi connectivity index (χ4v) is 3.88. The molecule has 2 aromatic heterocycles. The number of pyridine rings is 1. The number of thiazole rings is 1. The number of nitrogens with zero attached hydrogens (tertiary/aromatic N) is 2. The smallest absolute Gasteiger partial charge is 0.151 e. The van der Waals surface area contributed by atoms with Crippen LogP contribution in [0, 0.1) is 0 Å². The van der Waals surface area contributed by atoms with Crippen LogP contribution in [-0.4, -0.2) is 9.97 Å². The molecule has 0 aliphatic rings. The lowest BCUT2D eigenvalue weighted by Gasteiger charge is -1.97. The van der Waals surface area contributed by atoms with Gasteiger partial charge in [0.05, 0.1) is 15.9 Å². The third kappa shape index (κ3) is 3.08. The van der Waals surface area contributed by atoms with Crippen molar-refractivity contribution in [1.82, 2.24) is 9.97 Å². The van der Waals surface area contributed by atoms with E-state index in [2.05, 4.69) is 25.9 Å². The van der Waals surface area contributed by atoms with Crippen LogP contribution in [0.25, 0.3) is 10.2 Å². The van der Waals surface area contributed by atoms with Gasteiger partial charge in [0, 0.05) is 22.1 Å². The Morgan fingerprint density at radius 2 is 2.16 bits per heavy atom. The molecule has 96 valence electrons. The quantitative estimate of drug-likeness (QED) is 0.563. The van der Waals surface area contributed by atoms with E-state index in [1.807, 2.05) is 36.5 Å². The number of thioether (sulfide) groups is 1. The number of nitrogen functional groups attached to an aromatic ring is 1. The molecule has 0 amide bonds. The molecule has 0 saturated carbocycles. The van der Waals surface area contributed by atoms with Crippen LogP contribution in [0.15, 0.2) is 45.3 Å². The van der Waals surface area contributed by atoms with Gasteiger partial charge in [0.1, 0.15) is 0 Å². The highest BCUT2D eigenvalue weighted by Crippen LogP contribution is 2.32. The molecule has 0 aliphatic carbocycles. The minimum Gasteiger partial charge on any atom is -0.399 e. The van der Waals surface area contributed by atoms with Crippen LogP contribution in [0.3, 0.4) is 0 Å². The number of halogens is 1. The number of anilines is 1. The van der Waals surface area contributed by atoms with Crippen molar-refractivity contribution in [2.45, 2.75) is 10.1 Å². The van der Waals surface area contributed by atoms with Crippen molar-refractivity contribution in [2.24, 2.45) is 0 Å². The van der Waals surface area contributed by atoms with Gasteiger partial charge in [0.15, 0.2) is 4.34 Å². The molecule has 0 aliphatic heterocycles. The summed E-state index contributed by atoms with van der Waals surface area (Å²) in [6.45, 7) is 0. The fraction of sp³-hybridized carbons (Fsp3) is 0.0769. The predicted octanol–water partition coefficient (Wildman–Crippen LogP) is 4.33. The lowest BCUT2D eigenvalue weighted by atomic mass is 10.3. The second-order valence-corrected chi connectivity index (χ2v) is 7.13. The summed E-state index contributed by atoms with van der Waals surface area (Å²) in [5, 5.41) is 0. The maximum absolute atomic E-state index is 5.77. The molecule has 1 aromatic carbocycles. The van der Waals surface area contributed by atoms with Gasteiger partial charge in [-0.25, -0.2) is 4.98 Å². The number of aromatic nitrogens is 2. The van der Waals surface area contributed by atoms with E-state index in [0.29, 0.717) is 0 Å². The first-order valence-electron chi connectivity index (χ1n) is 5.60. The average Bonchev–Trinajstić information content (AvgIpc) is 2.80. The van der Waals surface area contributed by atoms with E-state index in [1.54, 1.807) is 23.1 Å². The Labute approximate surface area is 127 Å². The summed E-state index contributed by atoms with van der Waals surface area (Å²) < 4.78 is 3.17. The number of rotatable bonds is 3. The highest BCUT2D eigenvalue weighted by Gasteiger charge is 2.05. The van der Waals surface area contributed by atoms with Crippen LogP contribution in [-0.2, 0) is 5.75 Å². The number of benzene rings is 1. The SMILES string of the molecule is Nc1ccc2nc(SCc3ccc(Br)cn3)sc2c1. The zero-order valence-electron chi connectivity index (χ0n) is 9.84. The molecular weight excluding hydrogens is 342 g/mol. The molecule has 0 spiro atoms. The van der Waals surface area contributed by atoms with E-state index in [9.17, 15) is 0 Å². The molecule has 0 unspecified atom stereocenters. The molecule has 6 heteroatoms. The van der Waals surface area contributed by atoms with Gasteiger partial charge in [-0.2, -0.15) is 0 Å². The third-order valence-corrected chi connectivity index (χ3v) is 5.19. The maximum atomic E-state index is 5.77. The molecule has 0 bridgehead atoms. The van der Waals surface area contributed by atoms with Crippen molar-refractivity contribution in [1.29, 1.82) is 0 Å². The van der Waals surface area contributed by atoms with Crippen LogP contribution < -0.4 is 5.73 Å². The van der Waals surface area contributed by atoms with Crippen LogP contribution in [0.4, 0.5) is 5.69 Å². The molecule has 2 heterocycles. The van der Waals surface area contributed by atoms with Gasteiger partial charge in [-0.3, -0.25) is 4.98 Å². The second-order valence-electron chi connectivity index (χ2n) is 3.96. The Hall–Kier alpha value is -1.11. The molecule has 0 atom stereocenters. The minimum atomic E-state index is 0.780. The summed E-state index contributed by atoms with van der Waals surface area (Å²) in [5.74, 6) is 0.822. The van der Waals surface area contributed by atoms with Crippen LogP contribution in [0.5, 0.6) is 0 Å². The van der Waals surface area contributed by atoms with Crippen LogP contribution in [0.2, 0.25) is 0 Å². The Balaban J connectivity index is 1.76. The predicted molar refractivity (Wildman–Crippen MR) is 85.5 cm³/mol. The standard InChI is InChI=1S/C13H10BrN3S2/c14-8-1-3-10(16-6-8)7-18-13-17-11-4-2-9(15)5-12(11)19-13/h1-6H,7,15H2. The highest BCUT2D eigenvalue weighted by atomic mass is 79.9. The second kappa shape index (κ2) is 5.48. The van der Waals surface area contributed by atoms with Gasteiger partial charge < -0.3 is 5.73 Å². The zero-order valence-corrected chi connectivity index (χ0v) is 13.1. The van der Waals surface area contributed by atoms with E-state index in [1.165, 1.54) is 0 Å². The summed E-state index contributed by atoms with van der Waals surface area (Å²) in [5.41, 5.74) is 8.60. The third-order valence-electron chi connectivity index (χ3n) is 2.53. The number of hydrogen-bond donors (Lipinski definition) is 1. The Bertz CT molecular complexity index is 709. The van der Waals surface area contributed by atoms with Crippen LogP contribution in [0.1, 0.15) is 5.69 Å². The molecule has 3 rings (SSSR count). The first-order valence-corrected chi connectivity index (χ1v) is 8.19. The van der Waals surface area contributed by atoms with E-state index < -0.39 is 0 Å². The molecule has 3 nitrogen and oxygen atoms in total. The van der Waals surface area contributed by atoms with Gasteiger partial charge in [0.2, 0.25) is 0 Å². The van der Waals surface area contributed by atoms with E-state index in [-0.39, 0.29) is 0 Å². The summed E-state index contributed by atoms with van der Waals surface area (Å²) in [6, 6.07) is 9.83. The van der Waals surface area contributed by atoms with Gasteiger partial charge in [0.25, 0.3) is 0 Å². The summed E-state index contributed by atoms with van der Waals surface area (Å²) in [7, 11) is 0. The first-order chi connectivity index (χ1) is 9.20. The average molecular weight is 352 g/mol. The number of hydrogen-bond acceptors (Lipinski definition) is 5. The number of nitrogens with two attached hydrogens (primary N) is 1. The van der Waals surface area contributed by atoms with Gasteiger partial charge in [-0.1, -0.05) is 11.8 Å². The summed E-state index contributed by atoms with van der Waals surface area (Å²) >= 11 is 6.75. The van der Waals surface area contributed by atoms with Crippen LogP contribution >= 0.6 is 39.0 Å². The Morgan fingerprint density at radius 3 is 2.95 bits per heavy atom. The Kier molecular flexibility index (Phi) is 3.72. The zero-order chi connectivity index (χ0) is 13.2. The van der Waals surface area contributed by atoms with Crippen molar-refractivity contribution >= 4 is 54.9 Å². The molecule has 0 radical (unpaired) electrons. The van der Waals surface area contributed by atoms with Gasteiger partial charge in [-0.05, 0) is 46.3 Å². The molecule has 3 aromatic rings. The lowest BCUT2D eigenvalue weighted by molar-refractivity contribution is 1.16. The fourth-order valence-electron chi connectivity index (χ4n) is 1.61. The number of fused-ring (bicyclic) bond motifs is 1. The van der Waals surface area contributed by atoms with E-state index in [0.717, 1.165) is 36.2 Å². The molecule has 0 fully saturated rings. The maximum Gasteiger partial charge on any atom is 0.151 e. The monoisotopic (exact) mass is 351 g/mol. The van der Waals surface area contributed by atoms with Gasteiger partial charge in [-0.15, -0.1) is 11.3 Å². The van der Waals surface area contributed by atoms with Crippen molar-refractivity contribution in [2.75, 3.05) is 5.73 Å². The van der Waals surface area contributed by atoms with Gasteiger partial charge >= 0.3 is 0 Å². The van der Waals surface area contributed by atoms with E-state index in [4.69, 9.17) is 5.73 Å². The first kappa shape index (κ1) is 12.9. The largest absolute Gasteiger partial charge is 0.399 e. The van der Waals surface area contributed by atoms with Crippen molar-refractivity contribution in [3.05, 3.63) is 46.7 Å². The molecular formula is C13H10BrN3S2. The Morgan fingerprint density at radius 1 is 1.26 bits per heavy atom. The molecule has 0 saturated heterocycles. The minimum absolute atomic E-state index is 0.780. The highest BCUT2D eigenvalue weighted by molar-refractivity contribution is 9.10. The van der Waals surface area contributed by atoms with E-state index >= 15 is 0 Å².